The highest BCUT2D eigenvalue weighted by molar-refractivity contribution is 9.26. The maximum atomic E-state index is 6.59. The Hall–Kier alpha value is -0.650. The van der Waals surface area contributed by atoms with Gasteiger partial charge in [0.05, 0.1) is 0 Å². The Kier molecular flexibility index (Phi) is 8.48. The first-order chi connectivity index (χ1) is 14.8. The average molecular weight is 489 g/mol. The molecule has 2 atom stereocenters. The molecule has 156 valence electrons. The van der Waals surface area contributed by atoms with E-state index in [-0.39, 0.29) is 4.75 Å². The van der Waals surface area contributed by atoms with Crippen molar-refractivity contribution in [1.29, 1.82) is 0 Å². The molecule has 0 heterocycles. The van der Waals surface area contributed by atoms with Gasteiger partial charge in [-0.05, 0) is 49.2 Å². The largest absolute Gasteiger partial charge is 0.122 e. The second-order valence-corrected chi connectivity index (χ2v) is 14.2. The van der Waals surface area contributed by atoms with Crippen LogP contribution in [-0.4, -0.2) is 10.6 Å². The van der Waals surface area contributed by atoms with Crippen LogP contribution >= 0.6 is 52.8 Å². The fourth-order valence-corrected chi connectivity index (χ4v) is 12.4. The molecule has 0 N–H and O–H groups in total. The molecule has 0 nitrogen and oxygen atoms in total. The maximum absolute atomic E-state index is 6.59. The summed E-state index contributed by atoms with van der Waals surface area (Å²) in [5.41, 5.74) is 3.91. The van der Waals surface area contributed by atoms with E-state index in [1.165, 1.54) is 36.0 Å². The molecule has 0 bridgehead atoms. The topological polar surface area (TPSA) is 0 Å². The molecule has 1 fully saturated rings. The first-order valence-corrected chi connectivity index (χ1v) is 15.6. The van der Waals surface area contributed by atoms with Gasteiger partial charge in [-0.15, -0.1) is 11.6 Å². The second kappa shape index (κ2) is 11.3. The van der Waals surface area contributed by atoms with Crippen LogP contribution in [0, 0.1) is 0 Å². The van der Waals surface area contributed by atoms with E-state index in [4.69, 9.17) is 11.6 Å². The summed E-state index contributed by atoms with van der Waals surface area (Å²) >= 11 is 6.59. The van der Waals surface area contributed by atoms with E-state index in [2.05, 4.69) is 91.0 Å². The van der Waals surface area contributed by atoms with Gasteiger partial charge in [0.15, 0.2) is 0 Å². The molecule has 1 aliphatic carbocycles. The zero-order chi connectivity index (χ0) is 20.7. The fraction of sp³-hybridized carbons (Fsp3) is 0.280. The standard InChI is InChI=1S/C25H25ClS4/c26-23-18-10-11-19-24(23)27-29-30-28-25(20-12-4-1-5-13-20,21-14-6-2-7-15-21)22-16-8-3-9-17-22/h1-9,12-17,23-24H,10-11,18-19H2. The van der Waals surface area contributed by atoms with Gasteiger partial charge < -0.3 is 0 Å². The van der Waals surface area contributed by atoms with E-state index in [1.807, 2.05) is 41.2 Å². The molecule has 3 aromatic carbocycles. The minimum absolute atomic E-state index is 0.269. The van der Waals surface area contributed by atoms with Gasteiger partial charge in [-0.1, -0.05) is 125 Å². The minimum Gasteiger partial charge on any atom is -0.122 e. The monoisotopic (exact) mass is 488 g/mol. The van der Waals surface area contributed by atoms with E-state index in [0.717, 1.165) is 6.42 Å². The van der Waals surface area contributed by atoms with Gasteiger partial charge in [-0.2, -0.15) is 0 Å². The van der Waals surface area contributed by atoms with Gasteiger partial charge in [0.25, 0.3) is 0 Å². The molecular weight excluding hydrogens is 464 g/mol. The van der Waals surface area contributed by atoms with Crippen LogP contribution in [0.3, 0.4) is 0 Å². The Morgan fingerprint density at radius 1 is 0.633 bits per heavy atom. The molecule has 0 amide bonds. The summed E-state index contributed by atoms with van der Waals surface area (Å²) in [5, 5.41) is 0.863. The Bertz CT molecular complexity index is 792. The van der Waals surface area contributed by atoms with Crippen molar-refractivity contribution in [3.8, 4) is 0 Å². The van der Waals surface area contributed by atoms with Crippen LogP contribution in [0.1, 0.15) is 42.4 Å². The minimum atomic E-state index is -0.269. The van der Waals surface area contributed by atoms with Crippen LogP contribution in [0.15, 0.2) is 91.0 Å². The predicted octanol–water partition coefficient (Wildman–Crippen LogP) is 9.21. The summed E-state index contributed by atoms with van der Waals surface area (Å²) < 4.78 is -0.269. The molecule has 4 rings (SSSR count). The highest BCUT2D eigenvalue weighted by Crippen LogP contribution is 2.59. The van der Waals surface area contributed by atoms with Crippen molar-refractivity contribution in [2.75, 3.05) is 0 Å². The number of halogens is 1. The summed E-state index contributed by atoms with van der Waals surface area (Å²) in [7, 11) is 7.66. The van der Waals surface area contributed by atoms with E-state index >= 15 is 0 Å². The van der Waals surface area contributed by atoms with E-state index in [0.29, 0.717) is 10.6 Å². The molecule has 1 aliphatic rings. The molecule has 5 heteroatoms. The Balaban J connectivity index is 1.63. The SMILES string of the molecule is ClC1CCCCC1SSSSC(c1ccccc1)(c1ccccc1)c1ccccc1. The smallest absolute Gasteiger partial charge is 0.102 e. The molecule has 0 saturated heterocycles. The summed E-state index contributed by atoms with van der Waals surface area (Å²) in [6, 6.07) is 32.6. The molecule has 0 spiro atoms. The molecule has 1 saturated carbocycles. The van der Waals surface area contributed by atoms with Crippen molar-refractivity contribution in [3.63, 3.8) is 0 Å². The lowest BCUT2D eigenvalue weighted by molar-refractivity contribution is 0.524. The Morgan fingerprint density at radius 3 is 1.57 bits per heavy atom. The van der Waals surface area contributed by atoms with Crippen molar-refractivity contribution in [3.05, 3.63) is 108 Å². The molecule has 3 aromatic rings. The average Bonchev–Trinajstić information content (AvgIpc) is 2.82. The van der Waals surface area contributed by atoms with Crippen LogP contribution in [0.2, 0.25) is 0 Å². The number of alkyl halides is 1. The summed E-state index contributed by atoms with van der Waals surface area (Å²) in [6.07, 6.45) is 4.97. The summed E-state index contributed by atoms with van der Waals surface area (Å²) in [4.78, 5) is 0. The molecule has 30 heavy (non-hydrogen) atoms. The van der Waals surface area contributed by atoms with Crippen LogP contribution < -0.4 is 0 Å². The van der Waals surface area contributed by atoms with Crippen molar-refractivity contribution < 1.29 is 0 Å². The van der Waals surface area contributed by atoms with Crippen molar-refractivity contribution >= 4 is 52.8 Å². The third-order valence-electron chi connectivity index (χ3n) is 5.51. The van der Waals surface area contributed by atoms with Crippen LogP contribution in [-0.2, 0) is 4.75 Å². The fourth-order valence-electron chi connectivity index (χ4n) is 3.95. The third kappa shape index (κ3) is 5.21. The highest BCUT2D eigenvalue weighted by Gasteiger charge is 2.38. The zero-order valence-corrected chi connectivity index (χ0v) is 20.7. The molecule has 0 radical (unpaired) electrons. The van der Waals surface area contributed by atoms with Gasteiger partial charge in [0.1, 0.15) is 4.75 Å². The predicted molar refractivity (Wildman–Crippen MR) is 141 cm³/mol. The lowest BCUT2D eigenvalue weighted by Gasteiger charge is -2.34. The van der Waals surface area contributed by atoms with Crippen molar-refractivity contribution in [1.82, 2.24) is 0 Å². The van der Waals surface area contributed by atoms with E-state index in [1.54, 1.807) is 0 Å². The van der Waals surface area contributed by atoms with Crippen LogP contribution in [0.4, 0.5) is 0 Å². The highest BCUT2D eigenvalue weighted by atomic mass is 35.5. The zero-order valence-electron chi connectivity index (χ0n) is 16.7. The number of hydrogen-bond acceptors (Lipinski definition) is 4. The molecule has 0 aromatic heterocycles. The molecular formula is C25H25ClS4. The number of rotatable bonds is 8. The lowest BCUT2D eigenvalue weighted by Crippen LogP contribution is -2.24. The summed E-state index contributed by atoms with van der Waals surface area (Å²) in [6.45, 7) is 0. The van der Waals surface area contributed by atoms with Gasteiger partial charge in [-0.3, -0.25) is 0 Å². The van der Waals surface area contributed by atoms with E-state index < -0.39 is 0 Å². The molecule has 2 unspecified atom stereocenters. The van der Waals surface area contributed by atoms with Crippen LogP contribution in [0.25, 0.3) is 0 Å². The first-order valence-electron chi connectivity index (χ1n) is 10.3. The third-order valence-corrected chi connectivity index (χ3v) is 13.6. The normalized spacial score (nSPS) is 19.5. The van der Waals surface area contributed by atoms with E-state index in [9.17, 15) is 0 Å². The Labute approximate surface area is 200 Å². The number of benzene rings is 3. The lowest BCUT2D eigenvalue weighted by atomic mass is 9.84. The van der Waals surface area contributed by atoms with Gasteiger partial charge in [0, 0.05) is 10.6 Å². The first kappa shape index (κ1) is 22.5. The molecule has 0 aliphatic heterocycles. The van der Waals surface area contributed by atoms with Crippen LogP contribution in [0.5, 0.6) is 0 Å². The van der Waals surface area contributed by atoms with Gasteiger partial charge >= 0.3 is 0 Å². The maximum Gasteiger partial charge on any atom is 0.102 e. The van der Waals surface area contributed by atoms with Crippen molar-refractivity contribution in [2.45, 2.75) is 41.1 Å². The summed E-state index contributed by atoms with van der Waals surface area (Å²) in [5.74, 6) is 0. The Morgan fingerprint density at radius 2 is 1.10 bits per heavy atom. The quantitative estimate of drug-likeness (QED) is 0.134. The van der Waals surface area contributed by atoms with Gasteiger partial charge in [-0.25, -0.2) is 0 Å². The van der Waals surface area contributed by atoms with Gasteiger partial charge in [0.2, 0.25) is 0 Å². The second-order valence-electron chi connectivity index (χ2n) is 7.43. The van der Waals surface area contributed by atoms with Crippen molar-refractivity contribution in [2.24, 2.45) is 0 Å². The number of hydrogen-bond donors (Lipinski definition) is 0.